The lowest BCUT2D eigenvalue weighted by molar-refractivity contribution is 0.0908. The third kappa shape index (κ3) is 3.94. The van der Waals surface area contributed by atoms with E-state index in [1.807, 2.05) is 0 Å². The van der Waals surface area contributed by atoms with Crippen molar-refractivity contribution < 1.29 is 0 Å². The number of rotatable bonds is 4. The van der Waals surface area contributed by atoms with Crippen molar-refractivity contribution in [3.63, 3.8) is 0 Å². The van der Waals surface area contributed by atoms with Gasteiger partial charge in [-0.15, -0.1) is 0 Å². The molecule has 2 rings (SSSR count). The second-order valence-corrected chi connectivity index (χ2v) is 6.07. The fraction of sp³-hybridized carbons (Fsp3) is 1.00. The molecule has 0 aliphatic carbocycles. The molecule has 1 N–H and O–H groups in total. The van der Waals surface area contributed by atoms with Crippen molar-refractivity contribution in [3.8, 4) is 0 Å². The van der Waals surface area contributed by atoms with Crippen molar-refractivity contribution in [2.24, 2.45) is 0 Å². The molecule has 2 aliphatic heterocycles. The van der Waals surface area contributed by atoms with Crippen LogP contribution in [0.25, 0.3) is 0 Å². The van der Waals surface area contributed by atoms with Crippen LogP contribution in [0.3, 0.4) is 0 Å². The summed E-state index contributed by atoms with van der Waals surface area (Å²) in [7, 11) is 2.37. The Kier molecular flexibility index (Phi) is 5.93. The first kappa shape index (κ1) is 14.3. The average molecular weight is 253 g/mol. The number of likely N-dealkylation sites (tertiary alicyclic amines) is 1. The average Bonchev–Trinajstić information content (AvgIpc) is 2.68. The maximum Gasteiger partial charge on any atom is 0.0119 e. The van der Waals surface area contributed by atoms with Gasteiger partial charge in [0.1, 0.15) is 0 Å². The maximum atomic E-state index is 3.52. The summed E-state index contributed by atoms with van der Waals surface area (Å²) in [6.45, 7) is 8.64. The van der Waals surface area contributed by atoms with Gasteiger partial charge in [0.05, 0.1) is 0 Å². The summed E-state index contributed by atoms with van der Waals surface area (Å²) in [5.41, 5.74) is 0. The summed E-state index contributed by atoms with van der Waals surface area (Å²) in [5.74, 6) is 0. The molecule has 2 aliphatic rings. The Morgan fingerprint density at radius 2 is 1.78 bits per heavy atom. The topological polar surface area (TPSA) is 18.5 Å². The minimum Gasteiger partial charge on any atom is -0.317 e. The smallest absolute Gasteiger partial charge is 0.0119 e. The van der Waals surface area contributed by atoms with E-state index in [0.29, 0.717) is 0 Å². The summed E-state index contributed by atoms with van der Waals surface area (Å²) in [5, 5.41) is 3.52. The van der Waals surface area contributed by atoms with E-state index < -0.39 is 0 Å². The van der Waals surface area contributed by atoms with Gasteiger partial charge in [0.2, 0.25) is 0 Å². The van der Waals surface area contributed by atoms with E-state index in [2.05, 4.69) is 29.1 Å². The number of hydrogen-bond acceptors (Lipinski definition) is 3. The highest BCUT2D eigenvalue weighted by Gasteiger charge is 2.26. The van der Waals surface area contributed by atoms with Gasteiger partial charge in [0, 0.05) is 12.1 Å². The van der Waals surface area contributed by atoms with E-state index in [4.69, 9.17) is 0 Å². The van der Waals surface area contributed by atoms with Gasteiger partial charge in [-0.05, 0) is 78.3 Å². The zero-order valence-electron chi connectivity index (χ0n) is 12.3. The van der Waals surface area contributed by atoms with E-state index in [1.54, 1.807) is 0 Å². The summed E-state index contributed by atoms with van der Waals surface area (Å²) in [6, 6.07) is 1.66. The molecule has 0 amide bonds. The molecule has 0 bridgehead atoms. The number of nitrogens with zero attached hydrogens (tertiary/aromatic N) is 2. The van der Waals surface area contributed by atoms with Gasteiger partial charge >= 0.3 is 0 Å². The van der Waals surface area contributed by atoms with E-state index in [1.165, 1.54) is 71.2 Å². The Labute approximate surface area is 113 Å². The summed E-state index contributed by atoms with van der Waals surface area (Å²) in [6.07, 6.45) is 8.13. The molecule has 1 atom stereocenters. The van der Waals surface area contributed by atoms with Gasteiger partial charge in [-0.3, -0.25) is 0 Å². The first-order chi connectivity index (χ1) is 8.81. The Morgan fingerprint density at radius 3 is 2.50 bits per heavy atom. The van der Waals surface area contributed by atoms with Crippen LogP contribution in [0, 0.1) is 0 Å². The summed E-state index contributed by atoms with van der Waals surface area (Å²) >= 11 is 0. The molecule has 106 valence electrons. The van der Waals surface area contributed by atoms with Crippen LogP contribution in [0.1, 0.15) is 45.4 Å². The van der Waals surface area contributed by atoms with Gasteiger partial charge in [-0.1, -0.05) is 6.92 Å². The number of piperidine rings is 1. The minimum atomic E-state index is 0.822. The lowest BCUT2D eigenvalue weighted by Gasteiger charge is -2.40. The lowest BCUT2D eigenvalue weighted by atomic mass is 9.99. The largest absolute Gasteiger partial charge is 0.317 e. The highest BCUT2D eigenvalue weighted by Crippen LogP contribution is 2.21. The molecule has 2 heterocycles. The Hall–Kier alpha value is -0.120. The van der Waals surface area contributed by atoms with Gasteiger partial charge < -0.3 is 15.1 Å². The van der Waals surface area contributed by atoms with Crippen LogP contribution >= 0.6 is 0 Å². The Balaban J connectivity index is 1.77. The zero-order valence-corrected chi connectivity index (χ0v) is 12.3. The second-order valence-electron chi connectivity index (χ2n) is 6.07. The number of hydrogen-bond donors (Lipinski definition) is 1. The van der Waals surface area contributed by atoms with Gasteiger partial charge in [0.15, 0.2) is 0 Å². The van der Waals surface area contributed by atoms with E-state index in [0.717, 1.165) is 12.1 Å². The van der Waals surface area contributed by atoms with Crippen molar-refractivity contribution in [1.29, 1.82) is 0 Å². The predicted molar refractivity (Wildman–Crippen MR) is 78.0 cm³/mol. The van der Waals surface area contributed by atoms with Crippen molar-refractivity contribution in [2.75, 3.05) is 39.8 Å². The molecule has 18 heavy (non-hydrogen) atoms. The Morgan fingerprint density at radius 1 is 1.06 bits per heavy atom. The highest BCUT2D eigenvalue weighted by molar-refractivity contribution is 4.83. The first-order valence-electron chi connectivity index (χ1n) is 7.96. The first-order valence-corrected chi connectivity index (χ1v) is 7.96. The zero-order chi connectivity index (χ0) is 12.8. The molecule has 3 nitrogen and oxygen atoms in total. The van der Waals surface area contributed by atoms with Crippen LogP contribution in [0.15, 0.2) is 0 Å². The summed E-state index contributed by atoms with van der Waals surface area (Å²) in [4.78, 5) is 5.34. The van der Waals surface area contributed by atoms with Gasteiger partial charge in [0.25, 0.3) is 0 Å². The van der Waals surface area contributed by atoms with Crippen molar-refractivity contribution in [1.82, 2.24) is 15.1 Å². The van der Waals surface area contributed by atoms with Crippen LogP contribution in [0.4, 0.5) is 0 Å². The monoisotopic (exact) mass is 253 g/mol. The predicted octanol–water partition coefficient (Wildman–Crippen LogP) is 1.93. The van der Waals surface area contributed by atoms with E-state index in [-0.39, 0.29) is 0 Å². The van der Waals surface area contributed by atoms with Crippen LogP contribution in [-0.2, 0) is 0 Å². The van der Waals surface area contributed by atoms with Crippen LogP contribution < -0.4 is 5.32 Å². The fourth-order valence-electron chi connectivity index (χ4n) is 3.57. The van der Waals surface area contributed by atoms with Crippen LogP contribution in [0.5, 0.6) is 0 Å². The Bertz CT molecular complexity index is 216. The van der Waals surface area contributed by atoms with Crippen LogP contribution in [-0.4, -0.2) is 61.7 Å². The van der Waals surface area contributed by atoms with Gasteiger partial charge in [-0.2, -0.15) is 0 Å². The van der Waals surface area contributed by atoms with E-state index in [9.17, 15) is 0 Å². The molecule has 2 saturated heterocycles. The molecule has 0 aromatic heterocycles. The molecule has 0 aromatic rings. The fourth-order valence-corrected chi connectivity index (χ4v) is 3.57. The molecular formula is C15H31N3. The summed E-state index contributed by atoms with van der Waals surface area (Å²) < 4.78 is 0. The van der Waals surface area contributed by atoms with Crippen molar-refractivity contribution in [3.05, 3.63) is 0 Å². The third-order valence-corrected chi connectivity index (χ3v) is 4.79. The molecule has 1 unspecified atom stereocenters. The standard InChI is InChI=1S/C15H31N3/c1-3-11-18-12-7-15(8-13-18)17(2)14-5-4-9-16-10-6-14/h14-16H,3-13H2,1-2H3. The van der Waals surface area contributed by atoms with E-state index >= 15 is 0 Å². The van der Waals surface area contributed by atoms with Crippen LogP contribution in [0.2, 0.25) is 0 Å². The molecule has 0 aromatic carbocycles. The third-order valence-electron chi connectivity index (χ3n) is 4.79. The molecule has 0 spiro atoms. The van der Waals surface area contributed by atoms with Gasteiger partial charge in [-0.25, -0.2) is 0 Å². The SMILES string of the molecule is CCCN1CCC(N(C)C2CCCNCC2)CC1. The normalized spacial score (nSPS) is 28.5. The second kappa shape index (κ2) is 7.46. The van der Waals surface area contributed by atoms with Crippen molar-refractivity contribution >= 4 is 0 Å². The molecule has 0 radical (unpaired) electrons. The molecular weight excluding hydrogens is 222 g/mol. The quantitative estimate of drug-likeness (QED) is 0.826. The molecule has 2 fully saturated rings. The molecule has 0 saturated carbocycles. The minimum absolute atomic E-state index is 0.822. The van der Waals surface area contributed by atoms with Crippen molar-refractivity contribution in [2.45, 2.75) is 57.5 Å². The number of nitrogens with one attached hydrogen (secondary N) is 1. The molecule has 3 heteroatoms. The maximum absolute atomic E-state index is 3.52. The lowest BCUT2D eigenvalue weighted by Crippen LogP contribution is -2.47. The highest BCUT2D eigenvalue weighted by atomic mass is 15.2.